The second-order valence-electron chi connectivity index (χ2n) is 3.51. The predicted molar refractivity (Wildman–Crippen MR) is 63.0 cm³/mol. The summed E-state index contributed by atoms with van der Waals surface area (Å²) in [5, 5.41) is 0. The Kier molecular flexibility index (Phi) is 5.05. The Morgan fingerprint density at radius 1 is 1.17 bits per heavy atom. The van der Waals surface area contributed by atoms with Gasteiger partial charge in [0.2, 0.25) is 0 Å². The van der Waals surface area contributed by atoms with Crippen molar-refractivity contribution in [3.8, 4) is 0 Å². The molecule has 0 unspecified atom stereocenters. The largest absolute Gasteiger partial charge is 0.463 e. The molecule has 0 amide bonds. The van der Waals surface area contributed by atoms with E-state index < -0.39 is 23.8 Å². The van der Waals surface area contributed by atoms with Gasteiger partial charge in [0, 0.05) is 0 Å². The smallest absolute Gasteiger partial charge is 0.355 e. The predicted octanol–water partition coefficient (Wildman–Crippen LogP) is 1.36. The van der Waals surface area contributed by atoms with Gasteiger partial charge in [0.1, 0.15) is 0 Å². The molecule has 1 atom stereocenters. The maximum atomic E-state index is 11.7. The minimum absolute atomic E-state index is 0.117. The number of hydrogen-bond donors (Lipinski definition) is 0. The highest BCUT2D eigenvalue weighted by Crippen LogP contribution is 2.06. The molecule has 0 N–H and O–H groups in total. The maximum Gasteiger partial charge on any atom is 0.355 e. The first-order valence-corrected chi connectivity index (χ1v) is 5.49. The highest BCUT2D eigenvalue weighted by atomic mass is 16.6. The molecule has 0 fully saturated rings. The van der Waals surface area contributed by atoms with E-state index in [0.29, 0.717) is 0 Å². The number of ether oxygens (including phenoxy) is 2. The Hall–Kier alpha value is -2.17. The van der Waals surface area contributed by atoms with Gasteiger partial charge in [0.05, 0.1) is 12.2 Å². The highest BCUT2D eigenvalue weighted by Gasteiger charge is 2.29. The first-order valence-electron chi connectivity index (χ1n) is 5.49. The summed E-state index contributed by atoms with van der Waals surface area (Å²) >= 11 is 0. The third-order valence-corrected chi connectivity index (χ3v) is 2.10. The molecule has 0 heterocycles. The Labute approximate surface area is 105 Å². The number of Topliss-reactive ketones (excluding diaryl/α,β-unsaturated/α-hetero) is 1. The summed E-state index contributed by atoms with van der Waals surface area (Å²) in [6.45, 7) is 2.89. The second kappa shape index (κ2) is 6.54. The zero-order valence-electron chi connectivity index (χ0n) is 10.2. The van der Waals surface area contributed by atoms with E-state index in [1.165, 1.54) is 19.1 Å². The summed E-state index contributed by atoms with van der Waals surface area (Å²) in [6, 6.07) is 8.12. The molecule has 1 aromatic rings. The molecule has 1 rings (SSSR count). The molecule has 0 radical (unpaired) electrons. The average molecular weight is 250 g/mol. The van der Waals surface area contributed by atoms with Crippen LogP contribution in [0.2, 0.25) is 0 Å². The summed E-state index contributed by atoms with van der Waals surface area (Å²) in [5.74, 6) is -2.16. The van der Waals surface area contributed by atoms with Gasteiger partial charge in [-0.2, -0.15) is 0 Å². The first-order chi connectivity index (χ1) is 8.56. The third kappa shape index (κ3) is 3.69. The van der Waals surface area contributed by atoms with E-state index in [4.69, 9.17) is 4.74 Å². The van der Waals surface area contributed by atoms with Gasteiger partial charge in [0.15, 0.2) is 5.78 Å². The van der Waals surface area contributed by atoms with Gasteiger partial charge in [-0.3, -0.25) is 4.79 Å². The molecule has 0 aromatic heterocycles. The molecule has 5 heteroatoms. The van der Waals surface area contributed by atoms with Gasteiger partial charge in [-0.15, -0.1) is 0 Å². The van der Waals surface area contributed by atoms with Crippen molar-refractivity contribution in [2.24, 2.45) is 0 Å². The number of hydrogen-bond acceptors (Lipinski definition) is 5. The molecular weight excluding hydrogens is 236 g/mol. The van der Waals surface area contributed by atoms with Gasteiger partial charge >= 0.3 is 11.9 Å². The Morgan fingerprint density at radius 3 is 2.28 bits per heavy atom. The lowest BCUT2D eigenvalue weighted by molar-refractivity contribution is -0.157. The first kappa shape index (κ1) is 13.9. The van der Waals surface area contributed by atoms with Crippen LogP contribution in [0.4, 0.5) is 0 Å². The van der Waals surface area contributed by atoms with E-state index in [2.05, 4.69) is 4.74 Å². The fourth-order valence-electron chi connectivity index (χ4n) is 1.26. The van der Waals surface area contributed by atoms with E-state index in [1.54, 1.807) is 25.1 Å². The zero-order chi connectivity index (χ0) is 13.5. The Bertz CT molecular complexity index is 438. The molecule has 0 spiro atoms. The van der Waals surface area contributed by atoms with E-state index >= 15 is 0 Å². The van der Waals surface area contributed by atoms with Crippen molar-refractivity contribution in [3.63, 3.8) is 0 Å². The third-order valence-electron chi connectivity index (χ3n) is 2.10. The van der Waals surface area contributed by atoms with Gasteiger partial charge in [-0.1, -0.05) is 18.2 Å². The lowest BCUT2D eigenvalue weighted by Gasteiger charge is -2.13. The van der Waals surface area contributed by atoms with Crippen LogP contribution in [0.1, 0.15) is 24.2 Å². The van der Waals surface area contributed by atoms with Crippen molar-refractivity contribution >= 4 is 17.7 Å². The number of carbonyl (C=O) groups is 3. The molecule has 0 aliphatic rings. The number of rotatable bonds is 5. The van der Waals surface area contributed by atoms with Crippen LogP contribution < -0.4 is 0 Å². The number of esters is 2. The molecule has 0 aliphatic heterocycles. The summed E-state index contributed by atoms with van der Waals surface area (Å²) in [4.78, 5) is 34.4. The van der Waals surface area contributed by atoms with Crippen molar-refractivity contribution in [2.45, 2.75) is 20.0 Å². The quantitative estimate of drug-likeness (QED) is 0.583. The standard InChI is InChI=1S/C13H14O5/c1-3-17-13(16)11(9(2)14)18-12(15)10-7-5-4-6-8-10/h4-8,11H,3H2,1-2H3/t11-/m1/s1. The minimum atomic E-state index is -1.50. The molecule has 1 aromatic carbocycles. The minimum Gasteiger partial charge on any atom is -0.463 e. The van der Waals surface area contributed by atoms with Crippen molar-refractivity contribution in [1.82, 2.24) is 0 Å². The van der Waals surface area contributed by atoms with Crippen LogP contribution in [0.3, 0.4) is 0 Å². The summed E-state index contributed by atoms with van der Waals surface area (Å²) in [6.07, 6.45) is -1.50. The van der Waals surface area contributed by atoms with Gasteiger partial charge in [-0.05, 0) is 26.0 Å². The van der Waals surface area contributed by atoms with Gasteiger partial charge < -0.3 is 9.47 Å². The Morgan fingerprint density at radius 2 is 1.78 bits per heavy atom. The van der Waals surface area contributed by atoms with E-state index in [1.807, 2.05) is 0 Å². The summed E-state index contributed by atoms with van der Waals surface area (Å²) in [7, 11) is 0. The second-order valence-corrected chi connectivity index (χ2v) is 3.51. The van der Waals surface area contributed by atoms with E-state index in [0.717, 1.165) is 0 Å². The SMILES string of the molecule is CCOC(=O)[C@H](OC(=O)c1ccccc1)C(C)=O. The van der Waals surface area contributed by atoms with Gasteiger partial charge in [0.25, 0.3) is 6.10 Å². The number of ketones is 1. The number of carbonyl (C=O) groups excluding carboxylic acids is 3. The van der Waals surface area contributed by atoms with Crippen LogP contribution >= 0.6 is 0 Å². The normalized spacial score (nSPS) is 11.4. The Balaban J connectivity index is 2.76. The molecule has 18 heavy (non-hydrogen) atoms. The lowest BCUT2D eigenvalue weighted by atomic mass is 10.2. The maximum absolute atomic E-state index is 11.7. The molecule has 5 nitrogen and oxygen atoms in total. The molecule has 0 aliphatic carbocycles. The van der Waals surface area contributed by atoms with Crippen LogP contribution in [0.15, 0.2) is 30.3 Å². The molecule has 96 valence electrons. The highest BCUT2D eigenvalue weighted by molar-refractivity contribution is 6.03. The summed E-state index contributed by atoms with van der Waals surface area (Å²) in [5.41, 5.74) is 0.271. The number of benzene rings is 1. The molecule has 0 saturated heterocycles. The van der Waals surface area contributed by atoms with Crippen LogP contribution in [0.25, 0.3) is 0 Å². The topological polar surface area (TPSA) is 69.7 Å². The van der Waals surface area contributed by atoms with Crippen LogP contribution in [0, 0.1) is 0 Å². The zero-order valence-corrected chi connectivity index (χ0v) is 10.2. The molecule has 0 bridgehead atoms. The fourth-order valence-corrected chi connectivity index (χ4v) is 1.26. The van der Waals surface area contributed by atoms with Crippen molar-refractivity contribution in [2.75, 3.05) is 6.61 Å². The monoisotopic (exact) mass is 250 g/mol. The molecule has 0 saturated carbocycles. The lowest BCUT2D eigenvalue weighted by Crippen LogP contribution is -2.35. The fraction of sp³-hybridized carbons (Fsp3) is 0.308. The molecular formula is C13H14O5. The van der Waals surface area contributed by atoms with Crippen molar-refractivity contribution in [3.05, 3.63) is 35.9 Å². The van der Waals surface area contributed by atoms with Crippen LogP contribution in [0.5, 0.6) is 0 Å². The average Bonchev–Trinajstić information content (AvgIpc) is 2.36. The van der Waals surface area contributed by atoms with Crippen molar-refractivity contribution in [1.29, 1.82) is 0 Å². The van der Waals surface area contributed by atoms with Crippen LogP contribution in [-0.2, 0) is 19.1 Å². The van der Waals surface area contributed by atoms with Gasteiger partial charge in [-0.25, -0.2) is 9.59 Å². The van der Waals surface area contributed by atoms with Crippen molar-refractivity contribution < 1.29 is 23.9 Å². The van der Waals surface area contributed by atoms with E-state index in [9.17, 15) is 14.4 Å². The summed E-state index contributed by atoms with van der Waals surface area (Å²) < 4.78 is 9.51. The van der Waals surface area contributed by atoms with E-state index in [-0.39, 0.29) is 12.2 Å². The van der Waals surface area contributed by atoms with Crippen LogP contribution in [-0.4, -0.2) is 30.4 Å².